The average molecular weight is 358 g/mol. The number of nitrogens with zero attached hydrogens (tertiary/aromatic N) is 2. The monoisotopic (exact) mass is 357 g/mol. The van der Waals surface area contributed by atoms with Crippen molar-refractivity contribution in [1.29, 1.82) is 0 Å². The predicted molar refractivity (Wildman–Crippen MR) is 103 cm³/mol. The average Bonchev–Trinajstić information content (AvgIpc) is 3.41. The van der Waals surface area contributed by atoms with E-state index in [1.54, 1.807) is 0 Å². The van der Waals surface area contributed by atoms with Gasteiger partial charge in [0, 0.05) is 44.7 Å². The number of ether oxygens (including phenoxy) is 2. The van der Waals surface area contributed by atoms with Crippen LogP contribution >= 0.6 is 11.8 Å². The third kappa shape index (κ3) is 6.81. The Kier molecular flexibility index (Phi) is 8.70. The minimum absolute atomic E-state index is 0.247. The molecular weight excluding hydrogens is 322 g/mol. The van der Waals surface area contributed by atoms with E-state index < -0.39 is 0 Å². The second-order valence-corrected chi connectivity index (χ2v) is 8.57. The minimum atomic E-state index is 0.247. The number of rotatable bonds is 10. The van der Waals surface area contributed by atoms with Gasteiger partial charge < -0.3 is 19.7 Å². The summed E-state index contributed by atoms with van der Waals surface area (Å²) in [6, 6.07) is 0. The maximum Gasteiger partial charge on any atom is 0.193 e. The van der Waals surface area contributed by atoms with E-state index in [0.29, 0.717) is 0 Å². The van der Waals surface area contributed by atoms with Crippen LogP contribution in [0.25, 0.3) is 0 Å². The molecule has 1 saturated carbocycles. The van der Waals surface area contributed by atoms with E-state index in [0.717, 1.165) is 76.5 Å². The summed E-state index contributed by atoms with van der Waals surface area (Å²) in [5.41, 5.74) is 0. The summed E-state index contributed by atoms with van der Waals surface area (Å²) in [5, 5.41) is 3.42. The molecule has 2 rings (SSSR count). The normalized spacial score (nSPS) is 20.9. The predicted octanol–water partition coefficient (Wildman–Crippen LogP) is 2.61. The van der Waals surface area contributed by atoms with E-state index in [1.807, 2.05) is 11.8 Å². The summed E-state index contributed by atoms with van der Waals surface area (Å²) >= 11 is 2.05. The fourth-order valence-electron chi connectivity index (χ4n) is 2.93. The van der Waals surface area contributed by atoms with E-state index in [9.17, 15) is 0 Å². The van der Waals surface area contributed by atoms with Crippen molar-refractivity contribution in [2.24, 2.45) is 10.9 Å². The van der Waals surface area contributed by atoms with Gasteiger partial charge in [0.1, 0.15) is 0 Å². The highest BCUT2D eigenvalue weighted by molar-refractivity contribution is 8.00. The van der Waals surface area contributed by atoms with Gasteiger partial charge in [-0.15, -0.1) is 0 Å². The number of aliphatic imine (C=N–C) groups is 1. The van der Waals surface area contributed by atoms with Crippen LogP contribution in [0.5, 0.6) is 0 Å². The van der Waals surface area contributed by atoms with Crippen LogP contribution in [0.2, 0.25) is 0 Å². The smallest absolute Gasteiger partial charge is 0.193 e. The number of hydrogen-bond donors (Lipinski definition) is 1. The Morgan fingerprint density at radius 2 is 2.08 bits per heavy atom. The summed E-state index contributed by atoms with van der Waals surface area (Å²) in [5.74, 6) is 2.96. The second-order valence-electron chi connectivity index (χ2n) is 6.84. The highest BCUT2D eigenvalue weighted by atomic mass is 32.2. The highest BCUT2D eigenvalue weighted by Crippen LogP contribution is 2.35. The molecular formula is C18H35N3O2S. The largest absolute Gasteiger partial charge is 0.381 e. The molecule has 0 bridgehead atoms. The van der Waals surface area contributed by atoms with Crippen LogP contribution in [0.1, 0.15) is 39.5 Å². The zero-order valence-electron chi connectivity index (χ0n) is 15.7. The zero-order valence-corrected chi connectivity index (χ0v) is 16.5. The van der Waals surface area contributed by atoms with Gasteiger partial charge in [-0.25, -0.2) is 0 Å². The topological polar surface area (TPSA) is 46.1 Å². The summed E-state index contributed by atoms with van der Waals surface area (Å²) in [6.07, 6.45) is 4.90. The van der Waals surface area contributed by atoms with Crippen molar-refractivity contribution in [2.75, 3.05) is 58.9 Å². The molecule has 0 atom stereocenters. The lowest BCUT2D eigenvalue weighted by molar-refractivity contribution is 0.0792. The van der Waals surface area contributed by atoms with Crippen LogP contribution in [-0.4, -0.2) is 74.5 Å². The third-order valence-corrected chi connectivity index (χ3v) is 6.13. The summed E-state index contributed by atoms with van der Waals surface area (Å²) in [4.78, 5) is 7.15. The quantitative estimate of drug-likeness (QED) is 0.370. The number of hydrogen-bond acceptors (Lipinski definition) is 4. The lowest BCUT2D eigenvalue weighted by atomic mass is 9.99. The Labute approximate surface area is 151 Å². The third-order valence-electron chi connectivity index (χ3n) is 4.69. The van der Waals surface area contributed by atoms with Crippen LogP contribution in [0.15, 0.2) is 4.99 Å². The SMILES string of the molecule is CCNC(=NCC1(SCC)CCOCC1)N(C)CCOCC1CC1. The Bertz CT molecular complexity index is 377. The van der Waals surface area contributed by atoms with Crippen molar-refractivity contribution in [3.63, 3.8) is 0 Å². The summed E-state index contributed by atoms with van der Waals surface area (Å²) in [7, 11) is 2.10. The summed E-state index contributed by atoms with van der Waals surface area (Å²) < 4.78 is 11.6. The van der Waals surface area contributed by atoms with Crippen LogP contribution in [0.3, 0.4) is 0 Å². The first kappa shape index (κ1) is 19.9. The van der Waals surface area contributed by atoms with Crippen LogP contribution in [0, 0.1) is 5.92 Å². The van der Waals surface area contributed by atoms with Crippen molar-refractivity contribution in [1.82, 2.24) is 10.2 Å². The Balaban J connectivity index is 1.84. The number of thioether (sulfide) groups is 1. The molecule has 1 aliphatic heterocycles. The molecule has 1 saturated heterocycles. The highest BCUT2D eigenvalue weighted by Gasteiger charge is 2.32. The van der Waals surface area contributed by atoms with E-state index in [1.165, 1.54) is 12.8 Å². The lowest BCUT2D eigenvalue weighted by Gasteiger charge is -2.35. The van der Waals surface area contributed by atoms with Gasteiger partial charge in [0.25, 0.3) is 0 Å². The maximum absolute atomic E-state index is 5.76. The first-order valence-electron chi connectivity index (χ1n) is 9.48. The molecule has 24 heavy (non-hydrogen) atoms. The second kappa shape index (κ2) is 10.5. The van der Waals surface area contributed by atoms with Gasteiger partial charge in [-0.1, -0.05) is 6.92 Å². The molecule has 0 unspecified atom stereocenters. The van der Waals surface area contributed by atoms with Crippen LogP contribution in [0.4, 0.5) is 0 Å². The molecule has 0 aromatic carbocycles. The van der Waals surface area contributed by atoms with Crippen molar-refractivity contribution in [2.45, 2.75) is 44.3 Å². The van der Waals surface area contributed by atoms with Gasteiger partial charge in [0.05, 0.1) is 13.2 Å². The Morgan fingerprint density at radius 1 is 1.33 bits per heavy atom. The minimum Gasteiger partial charge on any atom is -0.381 e. The van der Waals surface area contributed by atoms with Gasteiger partial charge in [0.2, 0.25) is 0 Å². The molecule has 0 spiro atoms. The first-order valence-corrected chi connectivity index (χ1v) is 10.5. The van der Waals surface area contributed by atoms with E-state index in [-0.39, 0.29) is 4.75 Å². The lowest BCUT2D eigenvalue weighted by Crippen LogP contribution is -2.43. The number of nitrogens with one attached hydrogen (secondary N) is 1. The number of likely N-dealkylation sites (N-methyl/N-ethyl adjacent to an activating group) is 1. The molecule has 0 aromatic heterocycles. The molecule has 2 aliphatic rings. The molecule has 1 N–H and O–H groups in total. The molecule has 0 aromatic rings. The van der Waals surface area contributed by atoms with E-state index >= 15 is 0 Å². The van der Waals surface area contributed by atoms with E-state index in [2.05, 4.69) is 31.1 Å². The molecule has 1 heterocycles. The molecule has 1 aliphatic carbocycles. The molecule has 140 valence electrons. The summed E-state index contributed by atoms with van der Waals surface area (Å²) in [6.45, 7) is 10.4. The van der Waals surface area contributed by atoms with Crippen molar-refractivity contribution in [3.05, 3.63) is 0 Å². The standard InChI is InChI=1S/C18H35N3O2S/c1-4-19-17(21(3)10-13-23-14-16-6-7-16)20-15-18(24-5-2)8-11-22-12-9-18/h16H,4-15H2,1-3H3,(H,19,20). The molecule has 2 fully saturated rings. The Morgan fingerprint density at radius 3 is 2.71 bits per heavy atom. The maximum atomic E-state index is 5.76. The van der Waals surface area contributed by atoms with Gasteiger partial charge in [0.15, 0.2) is 5.96 Å². The number of guanidine groups is 1. The Hall–Kier alpha value is -0.460. The van der Waals surface area contributed by atoms with Gasteiger partial charge in [-0.2, -0.15) is 11.8 Å². The van der Waals surface area contributed by atoms with Crippen molar-refractivity contribution in [3.8, 4) is 0 Å². The van der Waals surface area contributed by atoms with Gasteiger partial charge >= 0.3 is 0 Å². The van der Waals surface area contributed by atoms with Crippen molar-refractivity contribution >= 4 is 17.7 Å². The fourth-order valence-corrected chi connectivity index (χ4v) is 4.15. The first-order chi connectivity index (χ1) is 11.7. The van der Waals surface area contributed by atoms with Crippen LogP contribution in [-0.2, 0) is 9.47 Å². The van der Waals surface area contributed by atoms with Crippen LogP contribution < -0.4 is 5.32 Å². The fraction of sp³-hybridized carbons (Fsp3) is 0.944. The molecule has 5 nitrogen and oxygen atoms in total. The molecule has 0 radical (unpaired) electrons. The molecule has 6 heteroatoms. The van der Waals surface area contributed by atoms with Crippen molar-refractivity contribution < 1.29 is 9.47 Å². The van der Waals surface area contributed by atoms with Gasteiger partial charge in [-0.05, 0) is 44.3 Å². The zero-order chi connectivity index (χ0) is 17.3. The van der Waals surface area contributed by atoms with E-state index in [4.69, 9.17) is 14.5 Å². The van der Waals surface area contributed by atoms with Gasteiger partial charge in [-0.3, -0.25) is 4.99 Å². The molecule has 0 amide bonds.